The van der Waals surface area contributed by atoms with Gasteiger partial charge in [-0.1, -0.05) is 6.07 Å². The van der Waals surface area contributed by atoms with Gasteiger partial charge in [0.25, 0.3) is 0 Å². The maximum Gasteiger partial charge on any atom is 0.159 e. The normalized spacial score (nSPS) is 15.8. The van der Waals surface area contributed by atoms with Crippen molar-refractivity contribution in [2.24, 2.45) is 0 Å². The Morgan fingerprint density at radius 1 is 1.25 bits per heavy atom. The monoisotopic (exact) mass is 268 g/mol. The van der Waals surface area contributed by atoms with Crippen molar-refractivity contribution in [2.45, 2.75) is 17.6 Å². The molecule has 6 heteroatoms. The van der Waals surface area contributed by atoms with Crippen LogP contribution in [0, 0.1) is 11.6 Å². The van der Waals surface area contributed by atoms with E-state index in [1.165, 1.54) is 13.0 Å². The average molecular weight is 269 g/mol. The lowest BCUT2D eigenvalue weighted by molar-refractivity contribution is 0.506. The molecule has 0 radical (unpaired) electrons. The van der Waals surface area contributed by atoms with E-state index < -0.39 is 32.1 Å². The van der Waals surface area contributed by atoms with Crippen molar-refractivity contribution in [2.75, 3.05) is 6.26 Å². The van der Waals surface area contributed by atoms with Crippen LogP contribution in [0.15, 0.2) is 18.2 Å². The molecule has 0 fully saturated rings. The summed E-state index contributed by atoms with van der Waals surface area (Å²) in [5.74, 6) is -2.02. The lowest BCUT2D eigenvalue weighted by Gasteiger charge is -2.16. The Labute approximate surface area is 98.2 Å². The van der Waals surface area contributed by atoms with Gasteiger partial charge in [-0.25, -0.2) is 17.2 Å². The van der Waals surface area contributed by atoms with Crippen LogP contribution in [-0.4, -0.2) is 19.9 Å². The predicted molar refractivity (Wildman–Crippen MR) is 59.3 cm³/mol. The minimum absolute atomic E-state index is 0.249. The third-order valence-electron chi connectivity index (χ3n) is 2.35. The number of rotatable bonds is 3. The van der Waals surface area contributed by atoms with E-state index in [1.54, 1.807) is 0 Å². The summed E-state index contributed by atoms with van der Waals surface area (Å²) >= 11 is 5.90. The Morgan fingerprint density at radius 2 is 1.81 bits per heavy atom. The molecule has 0 N–H and O–H groups in total. The Hall–Kier alpha value is -0.680. The molecule has 0 amide bonds. The van der Waals surface area contributed by atoms with Crippen LogP contribution in [0.1, 0.15) is 17.9 Å². The van der Waals surface area contributed by atoms with E-state index in [4.69, 9.17) is 11.6 Å². The quantitative estimate of drug-likeness (QED) is 0.790. The highest BCUT2D eigenvalue weighted by Gasteiger charge is 2.26. The lowest BCUT2D eigenvalue weighted by atomic mass is 10.1. The zero-order valence-corrected chi connectivity index (χ0v) is 10.3. The number of hydrogen-bond donors (Lipinski definition) is 0. The third kappa shape index (κ3) is 2.92. The molecule has 0 saturated carbocycles. The van der Waals surface area contributed by atoms with Crippen molar-refractivity contribution in [3.8, 4) is 0 Å². The molecule has 0 aliphatic carbocycles. The Bertz CT molecular complexity index is 488. The number of sulfone groups is 1. The summed E-state index contributed by atoms with van der Waals surface area (Å²) in [5, 5.41) is -1.76. The van der Waals surface area contributed by atoms with Gasteiger partial charge < -0.3 is 0 Å². The van der Waals surface area contributed by atoms with E-state index in [1.807, 2.05) is 0 Å². The predicted octanol–water partition coefficient (Wildman–Crippen LogP) is 2.68. The maximum absolute atomic E-state index is 12.9. The van der Waals surface area contributed by atoms with Crippen molar-refractivity contribution in [1.82, 2.24) is 0 Å². The first-order valence-corrected chi connectivity index (χ1v) is 6.90. The van der Waals surface area contributed by atoms with Gasteiger partial charge in [0.2, 0.25) is 0 Å². The molecule has 1 aromatic carbocycles. The minimum atomic E-state index is -3.32. The minimum Gasteiger partial charge on any atom is -0.229 e. The van der Waals surface area contributed by atoms with Crippen molar-refractivity contribution in [3.05, 3.63) is 35.4 Å². The molecule has 0 aromatic heterocycles. The summed E-state index contributed by atoms with van der Waals surface area (Å²) < 4.78 is 48.1. The second-order valence-corrected chi connectivity index (χ2v) is 6.48. The maximum atomic E-state index is 12.9. The Balaban J connectivity index is 3.06. The van der Waals surface area contributed by atoms with Gasteiger partial charge in [-0.2, -0.15) is 0 Å². The van der Waals surface area contributed by atoms with Crippen molar-refractivity contribution >= 4 is 21.4 Å². The molecule has 2 nitrogen and oxygen atoms in total. The molecule has 16 heavy (non-hydrogen) atoms. The molecular formula is C10H11ClF2O2S. The third-order valence-corrected chi connectivity index (χ3v) is 4.75. The topological polar surface area (TPSA) is 34.1 Å². The first-order chi connectivity index (χ1) is 7.23. The van der Waals surface area contributed by atoms with Crippen LogP contribution in [0.25, 0.3) is 0 Å². The van der Waals surface area contributed by atoms with E-state index >= 15 is 0 Å². The number of hydrogen-bond acceptors (Lipinski definition) is 2. The van der Waals surface area contributed by atoms with E-state index in [2.05, 4.69) is 0 Å². The van der Waals surface area contributed by atoms with Gasteiger partial charge in [-0.15, -0.1) is 11.6 Å². The van der Waals surface area contributed by atoms with Gasteiger partial charge in [-0.3, -0.25) is 0 Å². The van der Waals surface area contributed by atoms with Crippen molar-refractivity contribution in [3.63, 3.8) is 0 Å². The van der Waals surface area contributed by atoms with Gasteiger partial charge in [0.1, 0.15) is 0 Å². The second-order valence-electron chi connectivity index (χ2n) is 3.61. The molecule has 0 heterocycles. The number of benzene rings is 1. The molecule has 2 unspecified atom stereocenters. The molecule has 0 spiro atoms. The molecule has 90 valence electrons. The van der Waals surface area contributed by atoms with Crippen LogP contribution in [0.5, 0.6) is 0 Å². The molecule has 1 rings (SSSR count). The van der Waals surface area contributed by atoms with Crippen LogP contribution in [0.3, 0.4) is 0 Å². The molecule has 1 aromatic rings. The van der Waals surface area contributed by atoms with Gasteiger partial charge in [0.05, 0.1) is 10.6 Å². The number of halogens is 3. The smallest absolute Gasteiger partial charge is 0.159 e. The van der Waals surface area contributed by atoms with Crippen molar-refractivity contribution in [1.29, 1.82) is 0 Å². The van der Waals surface area contributed by atoms with E-state index in [0.717, 1.165) is 18.4 Å². The molecule has 0 aliphatic rings. The summed E-state index contributed by atoms with van der Waals surface area (Å²) in [6.07, 6.45) is 1.05. The highest BCUT2D eigenvalue weighted by atomic mass is 35.5. The van der Waals surface area contributed by atoms with Crippen LogP contribution in [-0.2, 0) is 9.84 Å². The zero-order chi connectivity index (χ0) is 12.5. The molecule has 0 bridgehead atoms. The lowest BCUT2D eigenvalue weighted by Crippen LogP contribution is -2.21. The van der Waals surface area contributed by atoms with Crippen molar-refractivity contribution < 1.29 is 17.2 Å². The van der Waals surface area contributed by atoms with Crippen LogP contribution < -0.4 is 0 Å². The highest BCUT2D eigenvalue weighted by molar-refractivity contribution is 7.91. The van der Waals surface area contributed by atoms with Crippen LogP contribution >= 0.6 is 11.6 Å². The molecule has 0 saturated heterocycles. The highest BCUT2D eigenvalue weighted by Crippen LogP contribution is 2.29. The van der Waals surface area contributed by atoms with Crippen LogP contribution in [0.2, 0.25) is 0 Å². The van der Waals surface area contributed by atoms with Crippen LogP contribution in [0.4, 0.5) is 8.78 Å². The fourth-order valence-corrected chi connectivity index (χ4v) is 2.46. The summed E-state index contributed by atoms with van der Waals surface area (Å²) in [6.45, 7) is 1.42. The fourth-order valence-electron chi connectivity index (χ4n) is 1.17. The summed E-state index contributed by atoms with van der Waals surface area (Å²) in [6, 6.07) is 3.11. The SMILES string of the molecule is CC(C(Cl)c1ccc(F)c(F)c1)S(C)(=O)=O. The first-order valence-electron chi connectivity index (χ1n) is 4.51. The molecular weight excluding hydrogens is 258 g/mol. The Kier molecular flexibility index (Phi) is 3.91. The van der Waals surface area contributed by atoms with E-state index in [0.29, 0.717) is 0 Å². The Morgan fingerprint density at radius 3 is 2.25 bits per heavy atom. The molecule has 0 aliphatic heterocycles. The van der Waals surface area contributed by atoms with E-state index in [-0.39, 0.29) is 5.56 Å². The summed E-state index contributed by atoms with van der Waals surface area (Å²) in [5.41, 5.74) is 0.249. The fraction of sp³-hybridized carbons (Fsp3) is 0.400. The van der Waals surface area contributed by atoms with Gasteiger partial charge in [0, 0.05) is 6.26 Å². The number of alkyl halides is 1. The molecule has 2 atom stereocenters. The summed E-state index contributed by atoms with van der Waals surface area (Å²) in [7, 11) is -3.32. The van der Waals surface area contributed by atoms with Gasteiger partial charge in [0.15, 0.2) is 21.5 Å². The van der Waals surface area contributed by atoms with Gasteiger partial charge in [-0.05, 0) is 24.6 Å². The van der Waals surface area contributed by atoms with E-state index in [9.17, 15) is 17.2 Å². The first kappa shape index (κ1) is 13.4. The summed E-state index contributed by atoms with van der Waals surface area (Å²) in [4.78, 5) is 0. The zero-order valence-electron chi connectivity index (χ0n) is 8.75. The standard InChI is InChI=1S/C10H11ClF2O2S/c1-6(16(2,14)15)10(11)7-3-4-8(12)9(13)5-7/h3-6,10H,1-2H3. The largest absolute Gasteiger partial charge is 0.229 e. The average Bonchev–Trinajstić information content (AvgIpc) is 2.18. The second kappa shape index (κ2) is 4.67. The van der Waals surface area contributed by atoms with Gasteiger partial charge >= 0.3 is 0 Å².